The second-order valence-electron chi connectivity index (χ2n) is 6.04. The molecule has 1 heterocycles. The van der Waals surface area contributed by atoms with Crippen LogP contribution in [0.4, 0.5) is 0 Å². The van der Waals surface area contributed by atoms with E-state index in [1.165, 1.54) is 29.0 Å². The molecular weight excluding hydrogens is 408 g/mol. The largest absolute Gasteiger partial charge is 0.507 e. The molecule has 6 heteroatoms. The quantitative estimate of drug-likeness (QED) is 0.643. The van der Waals surface area contributed by atoms with Gasteiger partial charge in [0, 0.05) is 16.2 Å². The summed E-state index contributed by atoms with van der Waals surface area (Å²) in [6.45, 7) is 1.82. The highest BCUT2D eigenvalue weighted by atomic mass is 79.9. The Bertz CT molecular complexity index is 1110. The van der Waals surface area contributed by atoms with E-state index in [0.29, 0.717) is 4.47 Å². The molecule has 0 radical (unpaired) electrons. The van der Waals surface area contributed by atoms with Crippen molar-refractivity contribution in [2.24, 2.45) is 0 Å². The highest BCUT2D eigenvalue weighted by Gasteiger charge is 2.19. The lowest BCUT2D eigenvalue weighted by atomic mass is 10.0. The van der Waals surface area contributed by atoms with Crippen LogP contribution in [0.3, 0.4) is 0 Å². The number of pyridine rings is 1. The Morgan fingerprint density at radius 3 is 2.56 bits per heavy atom. The molecule has 0 aliphatic rings. The van der Waals surface area contributed by atoms with Gasteiger partial charge in [-0.1, -0.05) is 46.3 Å². The standard InChI is InChI=1S/C21H15BrN2O3/c1-13(14-5-3-2-4-6-14)24-12-16(9-15(11-23)21(24)27)20(26)18-10-17(22)7-8-19(18)25/h2-10,12-13,25H,1H3/t13-/m0/s1. The molecule has 1 aromatic heterocycles. The van der Waals surface area contributed by atoms with Crippen molar-refractivity contribution >= 4 is 21.7 Å². The summed E-state index contributed by atoms with van der Waals surface area (Å²) in [7, 11) is 0. The molecule has 0 unspecified atom stereocenters. The highest BCUT2D eigenvalue weighted by Crippen LogP contribution is 2.25. The monoisotopic (exact) mass is 422 g/mol. The number of carbonyl (C=O) groups excluding carboxylic acids is 1. The van der Waals surface area contributed by atoms with Gasteiger partial charge in [0.2, 0.25) is 0 Å². The van der Waals surface area contributed by atoms with Crippen LogP contribution >= 0.6 is 15.9 Å². The summed E-state index contributed by atoms with van der Waals surface area (Å²) < 4.78 is 2.01. The summed E-state index contributed by atoms with van der Waals surface area (Å²) >= 11 is 3.27. The molecule has 0 bridgehead atoms. The van der Waals surface area contributed by atoms with E-state index < -0.39 is 11.3 Å². The van der Waals surface area contributed by atoms with Gasteiger partial charge in [0.15, 0.2) is 5.78 Å². The SMILES string of the molecule is C[C@@H](c1ccccc1)n1cc(C(=O)c2cc(Br)ccc2O)cc(C#N)c1=O. The zero-order chi connectivity index (χ0) is 19.6. The summed E-state index contributed by atoms with van der Waals surface area (Å²) in [5.74, 6) is -0.644. The number of nitriles is 1. The fourth-order valence-corrected chi connectivity index (χ4v) is 3.19. The zero-order valence-corrected chi connectivity index (χ0v) is 16.0. The third kappa shape index (κ3) is 3.69. The molecule has 1 atom stereocenters. The Kier molecular flexibility index (Phi) is 5.24. The number of phenolic OH excluding ortho intramolecular Hbond substituents is 1. The average molecular weight is 423 g/mol. The first-order valence-corrected chi connectivity index (χ1v) is 8.96. The first-order valence-electron chi connectivity index (χ1n) is 8.17. The van der Waals surface area contributed by atoms with Gasteiger partial charge in [0.25, 0.3) is 5.56 Å². The molecule has 134 valence electrons. The predicted octanol–water partition coefficient (Wildman–Crippen LogP) is 4.03. The average Bonchev–Trinajstić information content (AvgIpc) is 2.69. The number of benzene rings is 2. The molecule has 27 heavy (non-hydrogen) atoms. The Balaban J connectivity index is 2.15. The molecular formula is C21H15BrN2O3. The van der Waals surface area contributed by atoms with Gasteiger partial charge < -0.3 is 9.67 Å². The molecule has 0 fully saturated rings. The van der Waals surface area contributed by atoms with Crippen molar-refractivity contribution in [1.82, 2.24) is 4.57 Å². The Hall–Kier alpha value is -3.17. The fourth-order valence-electron chi connectivity index (χ4n) is 2.83. The van der Waals surface area contributed by atoms with Crippen LogP contribution < -0.4 is 5.56 Å². The van der Waals surface area contributed by atoms with E-state index >= 15 is 0 Å². The van der Waals surface area contributed by atoms with E-state index in [1.54, 1.807) is 6.07 Å². The first kappa shape index (κ1) is 18.6. The molecule has 0 saturated carbocycles. The van der Waals surface area contributed by atoms with Crippen molar-refractivity contribution in [2.45, 2.75) is 13.0 Å². The molecule has 3 aromatic rings. The highest BCUT2D eigenvalue weighted by molar-refractivity contribution is 9.10. The lowest BCUT2D eigenvalue weighted by molar-refractivity contribution is 0.103. The van der Waals surface area contributed by atoms with Crippen molar-refractivity contribution in [3.8, 4) is 11.8 Å². The van der Waals surface area contributed by atoms with Crippen LogP contribution in [0, 0.1) is 11.3 Å². The van der Waals surface area contributed by atoms with Crippen LogP contribution in [0.5, 0.6) is 5.75 Å². The normalized spacial score (nSPS) is 11.6. The Labute approximate surface area is 164 Å². The topological polar surface area (TPSA) is 83.1 Å². The molecule has 0 aliphatic heterocycles. The zero-order valence-electron chi connectivity index (χ0n) is 14.4. The van der Waals surface area contributed by atoms with E-state index in [2.05, 4.69) is 15.9 Å². The van der Waals surface area contributed by atoms with Crippen molar-refractivity contribution in [3.05, 3.63) is 97.9 Å². The summed E-state index contributed by atoms with van der Waals surface area (Å²) in [4.78, 5) is 25.5. The van der Waals surface area contributed by atoms with Crippen LogP contribution in [-0.4, -0.2) is 15.5 Å². The maximum absolute atomic E-state index is 12.9. The lowest BCUT2D eigenvalue weighted by Crippen LogP contribution is -2.27. The van der Waals surface area contributed by atoms with E-state index in [0.717, 1.165) is 5.56 Å². The van der Waals surface area contributed by atoms with E-state index in [1.807, 2.05) is 43.3 Å². The van der Waals surface area contributed by atoms with E-state index in [-0.39, 0.29) is 28.5 Å². The fraction of sp³-hybridized carbons (Fsp3) is 0.0952. The van der Waals surface area contributed by atoms with Gasteiger partial charge >= 0.3 is 0 Å². The number of halogens is 1. The molecule has 1 N–H and O–H groups in total. The third-order valence-electron chi connectivity index (χ3n) is 4.33. The summed E-state index contributed by atoms with van der Waals surface area (Å²) in [6.07, 6.45) is 1.43. The van der Waals surface area contributed by atoms with Crippen molar-refractivity contribution < 1.29 is 9.90 Å². The smallest absolute Gasteiger partial charge is 0.269 e. The first-order chi connectivity index (χ1) is 12.9. The molecule has 3 rings (SSSR count). The van der Waals surface area contributed by atoms with Crippen LogP contribution in [0.1, 0.15) is 40.0 Å². The number of rotatable bonds is 4. The number of phenols is 1. The second-order valence-corrected chi connectivity index (χ2v) is 6.96. The van der Waals surface area contributed by atoms with Crippen LogP contribution in [0.2, 0.25) is 0 Å². The van der Waals surface area contributed by atoms with Gasteiger partial charge in [-0.2, -0.15) is 5.26 Å². The van der Waals surface area contributed by atoms with Crippen LogP contribution in [-0.2, 0) is 0 Å². The molecule has 0 amide bonds. The summed E-state index contributed by atoms with van der Waals surface area (Å²) in [5.41, 5.74) is 0.522. The maximum Gasteiger partial charge on any atom is 0.269 e. The van der Waals surface area contributed by atoms with Gasteiger partial charge in [-0.05, 0) is 36.8 Å². The van der Waals surface area contributed by atoms with Gasteiger partial charge in [-0.3, -0.25) is 9.59 Å². The number of hydrogen-bond donors (Lipinski definition) is 1. The van der Waals surface area contributed by atoms with Crippen LogP contribution in [0.15, 0.2) is 70.1 Å². The van der Waals surface area contributed by atoms with E-state index in [9.17, 15) is 20.0 Å². The van der Waals surface area contributed by atoms with Crippen molar-refractivity contribution in [2.75, 3.05) is 0 Å². The minimum atomic E-state index is -0.473. The minimum absolute atomic E-state index is 0.0887. The second kappa shape index (κ2) is 7.60. The minimum Gasteiger partial charge on any atom is -0.507 e. The molecule has 0 spiro atoms. The molecule has 0 aliphatic carbocycles. The van der Waals surface area contributed by atoms with E-state index in [4.69, 9.17) is 0 Å². The van der Waals surface area contributed by atoms with Gasteiger partial charge in [0.1, 0.15) is 17.4 Å². The van der Waals surface area contributed by atoms with Crippen molar-refractivity contribution in [1.29, 1.82) is 5.26 Å². The number of aromatic hydroxyl groups is 1. The van der Waals surface area contributed by atoms with Gasteiger partial charge in [-0.15, -0.1) is 0 Å². The maximum atomic E-state index is 12.9. The summed E-state index contributed by atoms with van der Waals surface area (Å²) in [5, 5.41) is 19.4. The van der Waals surface area contributed by atoms with Gasteiger partial charge in [-0.25, -0.2) is 0 Å². The third-order valence-corrected chi connectivity index (χ3v) is 4.82. The Morgan fingerprint density at radius 2 is 1.89 bits per heavy atom. The number of nitrogens with zero attached hydrogens (tertiary/aromatic N) is 2. The number of aromatic nitrogens is 1. The molecule has 2 aromatic carbocycles. The van der Waals surface area contributed by atoms with Gasteiger partial charge in [0.05, 0.1) is 11.6 Å². The number of hydrogen-bond acceptors (Lipinski definition) is 4. The molecule has 0 saturated heterocycles. The number of ketones is 1. The molecule has 5 nitrogen and oxygen atoms in total. The predicted molar refractivity (Wildman–Crippen MR) is 105 cm³/mol. The van der Waals surface area contributed by atoms with Crippen molar-refractivity contribution in [3.63, 3.8) is 0 Å². The number of carbonyl (C=O) groups is 1. The van der Waals surface area contributed by atoms with Crippen LogP contribution in [0.25, 0.3) is 0 Å². The Morgan fingerprint density at radius 1 is 1.19 bits per heavy atom. The summed E-state index contributed by atoms with van der Waals surface area (Å²) in [6, 6.07) is 16.6. The lowest BCUT2D eigenvalue weighted by Gasteiger charge is -2.17.